The first-order valence-corrected chi connectivity index (χ1v) is 6.53. The Balaban J connectivity index is 1.74. The average Bonchev–Trinajstić information content (AvgIpc) is 2.84. The third-order valence-corrected chi connectivity index (χ3v) is 3.68. The number of para-hydroxylation sites is 1. The van der Waals surface area contributed by atoms with Crippen LogP contribution in [-0.4, -0.2) is 36.9 Å². The van der Waals surface area contributed by atoms with Gasteiger partial charge in [-0.2, -0.15) is 0 Å². The van der Waals surface area contributed by atoms with Crippen LogP contribution in [0.3, 0.4) is 0 Å². The summed E-state index contributed by atoms with van der Waals surface area (Å²) in [5.41, 5.74) is 1.04. The summed E-state index contributed by atoms with van der Waals surface area (Å²) in [7, 11) is 0. The van der Waals surface area contributed by atoms with Crippen LogP contribution in [0.5, 0.6) is 5.75 Å². The van der Waals surface area contributed by atoms with Crippen LogP contribution in [0.25, 0.3) is 0 Å². The average molecular weight is 263 g/mol. The lowest BCUT2D eigenvalue weighted by Gasteiger charge is -2.28. The molecule has 2 N–H and O–H groups in total. The van der Waals surface area contributed by atoms with Crippen molar-refractivity contribution >= 4 is 5.97 Å². The molecule has 0 spiro atoms. The number of carboxylic acid groups (broad SMARTS) is 1. The number of ether oxygens (including phenoxy) is 2. The molecule has 102 valence electrons. The van der Waals surface area contributed by atoms with Gasteiger partial charge in [-0.05, 0) is 12.5 Å². The van der Waals surface area contributed by atoms with Gasteiger partial charge >= 0.3 is 5.97 Å². The minimum Gasteiger partial charge on any atom is -0.485 e. The van der Waals surface area contributed by atoms with Crippen LogP contribution >= 0.6 is 0 Å². The third-order valence-electron chi connectivity index (χ3n) is 3.68. The summed E-state index contributed by atoms with van der Waals surface area (Å²) >= 11 is 0. The summed E-state index contributed by atoms with van der Waals surface area (Å²) in [6.45, 7) is 1.77. The number of nitrogens with one attached hydrogen (secondary N) is 1. The minimum absolute atomic E-state index is 0.0540. The minimum atomic E-state index is -0.735. The van der Waals surface area contributed by atoms with Crippen LogP contribution < -0.4 is 10.1 Å². The first kappa shape index (κ1) is 12.4. The number of aliphatic carboxylic acids is 1. The highest BCUT2D eigenvalue weighted by Crippen LogP contribution is 2.34. The monoisotopic (exact) mass is 263 g/mol. The normalized spacial score (nSPS) is 26.9. The van der Waals surface area contributed by atoms with E-state index in [2.05, 4.69) is 5.32 Å². The molecule has 2 heterocycles. The van der Waals surface area contributed by atoms with Crippen molar-refractivity contribution in [1.82, 2.24) is 5.32 Å². The zero-order valence-corrected chi connectivity index (χ0v) is 10.5. The highest BCUT2D eigenvalue weighted by molar-refractivity contribution is 5.71. The summed E-state index contributed by atoms with van der Waals surface area (Å²) in [4.78, 5) is 11.0. The van der Waals surface area contributed by atoms with Crippen molar-refractivity contribution in [2.45, 2.75) is 18.6 Å². The maximum Gasteiger partial charge on any atom is 0.307 e. The molecule has 1 aromatic carbocycles. The Labute approximate surface area is 111 Å². The molecule has 2 unspecified atom stereocenters. The fourth-order valence-electron chi connectivity index (χ4n) is 2.50. The highest BCUT2D eigenvalue weighted by atomic mass is 16.6. The second-order valence-corrected chi connectivity index (χ2v) is 5.05. The number of carboxylic acids is 1. The van der Waals surface area contributed by atoms with E-state index in [0.717, 1.165) is 11.3 Å². The van der Waals surface area contributed by atoms with Gasteiger partial charge in [-0.1, -0.05) is 18.2 Å². The largest absolute Gasteiger partial charge is 0.485 e. The molecule has 2 atom stereocenters. The van der Waals surface area contributed by atoms with Crippen LogP contribution in [0.15, 0.2) is 24.3 Å². The topological polar surface area (TPSA) is 67.8 Å². The van der Waals surface area contributed by atoms with E-state index in [9.17, 15) is 4.79 Å². The standard InChI is InChI=1S/C14H17NO4/c16-14(17)9-5-12(15-6-9)11-3-1-2-4-13(11)19-10-7-18-8-10/h1-4,9-10,12,15H,5-8H2,(H,16,17). The van der Waals surface area contributed by atoms with Gasteiger partial charge in [0.05, 0.1) is 19.1 Å². The second kappa shape index (κ2) is 5.19. The fourth-order valence-corrected chi connectivity index (χ4v) is 2.50. The number of hydrogen-bond donors (Lipinski definition) is 2. The van der Waals surface area contributed by atoms with E-state index in [1.807, 2.05) is 24.3 Å². The molecule has 0 amide bonds. The lowest BCUT2D eigenvalue weighted by Crippen LogP contribution is -2.38. The maximum absolute atomic E-state index is 11.0. The highest BCUT2D eigenvalue weighted by Gasteiger charge is 2.32. The van der Waals surface area contributed by atoms with Crippen molar-refractivity contribution < 1.29 is 19.4 Å². The van der Waals surface area contributed by atoms with Crippen LogP contribution in [0.2, 0.25) is 0 Å². The van der Waals surface area contributed by atoms with Crippen LogP contribution in [-0.2, 0) is 9.53 Å². The quantitative estimate of drug-likeness (QED) is 0.854. The summed E-state index contributed by atoms with van der Waals surface area (Å²) < 4.78 is 11.0. The van der Waals surface area contributed by atoms with Crippen LogP contribution in [0, 0.1) is 5.92 Å². The molecule has 0 bridgehead atoms. The van der Waals surface area contributed by atoms with Crippen molar-refractivity contribution in [2.24, 2.45) is 5.92 Å². The van der Waals surface area contributed by atoms with E-state index in [1.54, 1.807) is 0 Å². The van der Waals surface area contributed by atoms with Crippen molar-refractivity contribution in [3.05, 3.63) is 29.8 Å². The number of carbonyl (C=O) groups is 1. The van der Waals surface area contributed by atoms with E-state index < -0.39 is 5.97 Å². The summed E-state index contributed by atoms with van der Waals surface area (Å²) in [5, 5.41) is 12.3. The van der Waals surface area contributed by atoms with Crippen molar-refractivity contribution in [3.63, 3.8) is 0 Å². The second-order valence-electron chi connectivity index (χ2n) is 5.05. The molecular formula is C14H17NO4. The van der Waals surface area contributed by atoms with Gasteiger partial charge in [-0.15, -0.1) is 0 Å². The molecule has 3 rings (SSSR count). The Hall–Kier alpha value is -1.59. The van der Waals surface area contributed by atoms with Crippen molar-refractivity contribution in [3.8, 4) is 5.75 Å². The van der Waals surface area contributed by atoms with E-state index in [4.69, 9.17) is 14.6 Å². The third kappa shape index (κ3) is 2.57. The van der Waals surface area contributed by atoms with Gasteiger partial charge in [0, 0.05) is 18.2 Å². The summed E-state index contributed by atoms with van der Waals surface area (Å²) in [6, 6.07) is 7.87. The lowest BCUT2D eigenvalue weighted by molar-refractivity contribution is -0.141. The fraction of sp³-hybridized carbons (Fsp3) is 0.500. The predicted molar refractivity (Wildman–Crippen MR) is 68.2 cm³/mol. The Morgan fingerprint density at radius 2 is 2.16 bits per heavy atom. The molecule has 2 saturated heterocycles. The van der Waals surface area contributed by atoms with E-state index >= 15 is 0 Å². The Morgan fingerprint density at radius 3 is 2.79 bits per heavy atom. The Bertz CT molecular complexity index is 472. The molecule has 0 aromatic heterocycles. The molecule has 2 aliphatic heterocycles. The Kier molecular flexibility index (Phi) is 3.40. The van der Waals surface area contributed by atoms with Gasteiger partial charge < -0.3 is 19.9 Å². The molecule has 19 heavy (non-hydrogen) atoms. The smallest absolute Gasteiger partial charge is 0.307 e. The van der Waals surface area contributed by atoms with Gasteiger partial charge in [0.2, 0.25) is 0 Å². The van der Waals surface area contributed by atoms with Crippen LogP contribution in [0.1, 0.15) is 18.0 Å². The first-order chi connectivity index (χ1) is 9.24. The molecule has 2 fully saturated rings. The molecule has 5 nitrogen and oxygen atoms in total. The van der Waals surface area contributed by atoms with E-state index in [-0.39, 0.29) is 18.1 Å². The van der Waals surface area contributed by atoms with Gasteiger partial charge in [0.15, 0.2) is 0 Å². The summed E-state index contributed by atoms with van der Waals surface area (Å²) in [5.74, 6) is -0.217. The zero-order chi connectivity index (χ0) is 13.2. The van der Waals surface area contributed by atoms with Crippen molar-refractivity contribution in [2.75, 3.05) is 19.8 Å². The van der Waals surface area contributed by atoms with Crippen molar-refractivity contribution in [1.29, 1.82) is 0 Å². The Morgan fingerprint density at radius 1 is 1.37 bits per heavy atom. The number of rotatable bonds is 4. The number of hydrogen-bond acceptors (Lipinski definition) is 4. The molecule has 0 saturated carbocycles. The summed E-state index contributed by atoms with van der Waals surface area (Å²) in [6.07, 6.45) is 0.731. The van der Waals surface area contributed by atoms with Gasteiger partial charge in [-0.3, -0.25) is 4.79 Å². The maximum atomic E-state index is 11.0. The van der Waals surface area contributed by atoms with Crippen LogP contribution in [0.4, 0.5) is 0 Å². The number of benzene rings is 1. The zero-order valence-electron chi connectivity index (χ0n) is 10.5. The SMILES string of the molecule is O=C(O)C1CNC(c2ccccc2OC2COC2)C1. The lowest BCUT2D eigenvalue weighted by atomic mass is 9.99. The van der Waals surface area contributed by atoms with Gasteiger partial charge in [0.1, 0.15) is 11.9 Å². The molecule has 0 aliphatic carbocycles. The first-order valence-electron chi connectivity index (χ1n) is 6.53. The molecule has 2 aliphatic rings. The molecule has 0 radical (unpaired) electrons. The van der Waals surface area contributed by atoms with E-state index in [1.165, 1.54) is 0 Å². The molecular weight excluding hydrogens is 246 g/mol. The predicted octanol–water partition coefficient (Wildman–Crippen LogP) is 1.20. The van der Waals surface area contributed by atoms with Gasteiger partial charge in [0.25, 0.3) is 0 Å². The molecule has 5 heteroatoms. The molecule has 1 aromatic rings. The van der Waals surface area contributed by atoms with E-state index in [0.29, 0.717) is 26.2 Å². The van der Waals surface area contributed by atoms with Gasteiger partial charge in [-0.25, -0.2) is 0 Å².